The van der Waals surface area contributed by atoms with Crippen molar-refractivity contribution in [1.82, 2.24) is 14.1 Å². The molecule has 4 aliphatic rings. The number of sulfonamides is 1. The Kier molecular flexibility index (Phi) is 6.13. The van der Waals surface area contributed by atoms with Crippen LogP contribution in [-0.2, 0) is 14.8 Å². The van der Waals surface area contributed by atoms with Gasteiger partial charge in [0.15, 0.2) is 0 Å². The summed E-state index contributed by atoms with van der Waals surface area (Å²) in [5.74, 6) is 0. The van der Waals surface area contributed by atoms with Crippen molar-refractivity contribution >= 4 is 27.7 Å². The number of carbonyl (C=O) groups excluding carboxylic acids is 1. The average molecular weight is 484 g/mol. The van der Waals surface area contributed by atoms with Crippen LogP contribution in [0, 0.1) is 0 Å². The van der Waals surface area contributed by atoms with Gasteiger partial charge in [0.1, 0.15) is 6.61 Å². The SMILES string of the molecule is O=C(OC[C@H]1CCC[C@H]2c3cc(Cl)ccc3S(=O)(=O)N12)N1CCC(N2CCC(O)CC2)C1. The molecule has 1 N–H and O–H groups in total. The Balaban J connectivity index is 1.21. The van der Waals surface area contributed by atoms with Gasteiger partial charge in [0, 0.05) is 37.2 Å². The highest BCUT2D eigenvalue weighted by atomic mass is 35.5. The molecule has 0 bridgehead atoms. The number of piperidine rings is 2. The lowest BCUT2D eigenvalue weighted by molar-refractivity contribution is 0.0550. The number of aliphatic hydroxyl groups is 1. The number of aliphatic hydroxyl groups excluding tert-OH is 1. The minimum Gasteiger partial charge on any atom is -0.448 e. The van der Waals surface area contributed by atoms with E-state index in [1.807, 2.05) is 0 Å². The van der Waals surface area contributed by atoms with Gasteiger partial charge in [-0.15, -0.1) is 0 Å². The number of nitrogens with zero attached hydrogens (tertiary/aromatic N) is 3. The van der Waals surface area contributed by atoms with E-state index < -0.39 is 10.0 Å². The molecule has 4 heterocycles. The van der Waals surface area contributed by atoms with Gasteiger partial charge in [-0.05, 0) is 62.3 Å². The van der Waals surface area contributed by atoms with E-state index in [0.29, 0.717) is 35.5 Å². The number of ether oxygens (including phenoxy) is 1. The first-order valence-electron chi connectivity index (χ1n) is 11.5. The molecule has 3 atom stereocenters. The largest absolute Gasteiger partial charge is 0.448 e. The van der Waals surface area contributed by atoms with Gasteiger partial charge in [-0.25, -0.2) is 13.2 Å². The summed E-state index contributed by atoms with van der Waals surface area (Å²) in [4.78, 5) is 17.1. The van der Waals surface area contributed by atoms with Gasteiger partial charge in [0.25, 0.3) is 0 Å². The number of hydrogen-bond donors (Lipinski definition) is 1. The summed E-state index contributed by atoms with van der Waals surface area (Å²) in [6.07, 6.45) is 4.16. The normalized spacial score (nSPS) is 30.8. The zero-order chi connectivity index (χ0) is 22.5. The maximum atomic E-state index is 13.2. The fourth-order valence-corrected chi connectivity index (χ4v) is 7.97. The third-order valence-electron chi connectivity index (χ3n) is 7.40. The highest BCUT2D eigenvalue weighted by Crippen LogP contribution is 2.47. The van der Waals surface area contributed by atoms with Crippen LogP contribution in [0.15, 0.2) is 23.1 Å². The van der Waals surface area contributed by atoms with Crippen molar-refractivity contribution in [3.63, 3.8) is 0 Å². The van der Waals surface area contributed by atoms with Crippen LogP contribution >= 0.6 is 11.6 Å². The van der Waals surface area contributed by atoms with E-state index in [1.165, 1.54) is 4.31 Å². The Bertz CT molecular complexity index is 982. The molecule has 0 radical (unpaired) electrons. The van der Waals surface area contributed by atoms with Crippen molar-refractivity contribution < 1.29 is 23.1 Å². The van der Waals surface area contributed by atoms with Gasteiger partial charge in [0.05, 0.1) is 23.1 Å². The van der Waals surface area contributed by atoms with Gasteiger partial charge in [-0.2, -0.15) is 4.31 Å². The van der Waals surface area contributed by atoms with Crippen LogP contribution in [0.4, 0.5) is 4.79 Å². The number of fused-ring (bicyclic) bond motifs is 3. The van der Waals surface area contributed by atoms with E-state index >= 15 is 0 Å². The van der Waals surface area contributed by atoms with E-state index in [2.05, 4.69) is 4.90 Å². The number of hydrogen-bond acceptors (Lipinski definition) is 6. The minimum absolute atomic E-state index is 0.0629. The van der Waals surface area contributed by atoms with E-state index in [1.54, 1.807) is 23.1 Å². The molecular formula is C22H30ClN3O5S. The van der Waals surface area contributed by atoms with Crippen molar-refractivity contribution in [3.8, 4) is 0 Å². The molecule has 176 valence electrons. The lowest BCUT2D eigenvalue weighted by atomic mass is 9.94. The van der Waals surface area contributed by atoms with Gasteiger partial charge in [-0.1, -0.05) is 11.6 Å². The Morgan fingerprint density at radius 3 is 2.69 bits per heavy atom. The molecule has 4 aliphatic heterocycles. The van der Waals surface area contributed by atoms with Crippen LogP contribution in [0.1, 0.15) is 50.1 Å². The second-order valence-corrected chi connectivity index (χ2v) is 11.6. The van der Waals surface area contributed by atoms with Crippen molar-refractivity contribution in [2.24, 2.45) is 0 Å². The molecule has 0 spiro atoms. The van der Waals surface area contributed by atoms with Gasteiger partial charge in [0.2, 0.25) is 10.0 Å². The number of amides is 1. The van der Waals surface area contributed by atoms with Crippen LogP contribution in [0.2, 0.25) is 5.02 Å². The Hall–Kier alpha value is -1.39. The summed E-state index contributed by atoms with van der Waals surface area (Å²) in [6.45, 7) is 3.04. The Morgan fingerprint density at radius 2 is 1.91 bits per heavy atom. The molecule has 3 saturated heterocycles. The van der Waals surface area contributed by atoms with Crippen LogP contribution in [-0.4, -0.2) is 84.7 Å². The third-order valence-corrected chi connectivity index (χ3v) is 9.67. The number of likely N-dealkylation sites (tertiary alicyclic amines) is 2. The molecule has 1 aromatic rings. The third kappa shape index (κ3) is 4.03. The maximum absolute atomic E-state index is 13.2. The van der Waals surface area contributed by atoms with E-state index in [9.17, 15) is 18.3 Å². The first-order chi connectivity index (χ1) is 15.3. The van der Waals surface area contributed by atoms with E-state index in [-0.39, 0.29) is 30.9 Å². The number of rotatable bonds is 3. The van der Waals surface area contributed by atoms with Crippen LogP contribution < -0.4 is 0 Å². The van der Waals surface area contributed by atoms with Gasteiger partial charge < -0.3 is 14.7 Å². The Morgan fingerprint density at radius 1 is 1.12 bits per heavy atom. The monoisotopic (exact) mass is 483 g/mol. The smallest absolute Gasteiger partial charge is 0.409 e. The summed E-state index contributed by atoms with van der Waals surface area (Å²) in [5.41, 5.74) is 0.752. The summed E-state index contributed by atoms with van der Waals surface area (Å²) in [7, 11) is -3.62. The van der Waals surface area contributed by atoms with Crippen LogP contribution in [0.3, 0.4) is 0 Å². The standard InChI is InChI=1S/C22H30ClN3O5S/c23-15-4-5-21-19(12-15)20-3-1-2-17(26(20)32(21,29)30)14-31-22(28)25-9-6-16(13-25)24-10-7-18(27)8-11-24/h4-5,12,16-18,20,27H,1-3,6-11,13-14H2/t16?,17-,20+/m1/s1. The molecule has 0 aliphatic carbocycles. The second-order valence-electron chi connectivity index (χ2n) is 9.35. The first-order valence-corrected chi connectivity index (χ1v) is 13.3. The summed E-state index contributed by atoms with van der Waals surface area (Å²) >= 11 is 6.13. The first kappa shape index (κ1) is 22.4. The molecule has 0 saturated carbocycles. The molecule has 8 nitrogen and oxygen atoms in total. The van der Waals surface area contributed by atoms with Crippen molar-refractivity contribution in [2.45, 2.75) is 67.6 Å². The van der Waals surface area contributed by atoms with Crippen molar-refractivity contribution in [3.05, 3.63) is 28.8 Å². The predicted molar refractivity (Wildman–Crippen MR) is 119 cm³/mol. The van der Waals surface area contributed by atoms with E-state index in [0.717, 1.165) is 50.8 Å². The summed E-state index contributed by atoms with van der Waals surface area (Å²) in [5, 5.41) is 10.2. The predicted octanol–water partition coefficient (Wildman–Crippen LogP) is 2.61. The van der Waals surface area contributed by atoms with Crippen molar-refractivity contribution in [1.29, 1.82) is 0 Å². The molecule has 1 aromatic carbocycles. The summed E-state index contributed by atoms with van der Waals surface area (Å²) < 4.78 is 33.6. The molecule has 1 unspecified atom stereocenters. The molecule has 32 heavy (non-hydrogen) atoms. The number of halogens is 1. The van der Waals surface area contributed by atoms with Crippen molar-refractivity contribution in [2.75, 3.05) is 32.8 Å². The second kappa shape index (κ2) is 8.76. The zero-order valence-corrected chi connectivity index (χ0v) is 19.6. The maximum Gasteiger partial charge on any atom is 0.409 e. The fraction of sp³-hybridized carbons (Fsp3) is 0.682. The zero-order valence-electron chi connectivity index (χ0n) is 18.0. The highest BCUT2D eigenvalue weighted by Gasteiger charge is 2.48. The number of carbonyl (C=O) groups is 1. The quantitative estimate of drug-likeness (QED) is 0.710. The lowest BCUT2D eigenvalue weighted by Gasteiger charge is -2.36. The fourth-order valence-electron chi connectivity index (χ4n) is 5.71. The number of benzene rings is 1. The topological polar surface area (TPSA) is 90.4 Å². The van der Waals surface area contributed by atoms with Gasteiger partial charge >= 0.3 is 6.09 Å². The highest BCUT2D eigenvalue weighted by molar-refractivity contribution is 7.89. The average Bonchev–Trinajstić information content (AvgIpc) is 3.35. The molecule has 0 aromatic heterocycles. The van der Waals surface area contributed by atoms with E-state index in [4.69, 9.17) is 16.3 Å². The molecule has 5 rings (SSSR count). The molecular weight excluding hydrogens is 454 g/mol. The van der Waals surface area contributed by atoms with Gasteiger partial charge in [-0.3, -0.25) is 4.90 Å². The minimum atomic E-state index is -3.62. The molecule has 1 amide bonds. The van der Waals surface area contributed by atoms with Crippen LogP contribution in [0.25, 0.3) is 0 Å². The Labute approximate surface area is 194 Å². The van der Waals surface area contributed by atoms with Crippen LogP contribution in [0.5, 0.6) is 0 Å². The molecule has 10 heteroatoms. The molecule has 3 fully saturated rings. The summed E-state index contributed by atoms with van der Waals surface area (Å²) in [6, 6.07) is 4.63. The lowest BCUT2D eigenvalue weighted by Crippen LogP contribution is -2.46.